The van der Waals surface area contributed by atoms with Crippen molar-refractivity contribution in [3.63, 3.8) is 0 Å². The first-order valence-electron chi connectivity index (χ1n) is 13.9. The number of rotatable bonds is 28. The van der Waals surface area contributed by atoms with Gasteiger partial charge in [-0.25, -0.2) is 4.18 Å². The Morgan fingerprint density at radius 2 is 0.973 bits per heavy atom. The topological polar surface area (TPSA) is 146 Å². The number of unbranched alkanes of at least 4 members (excludes halogenated alkanes) is 14. The van der Waals surface area contributed by atoms with Crippen LogP contribution >= 0.6 is 0 Å². The number of hydrogen-bond donors (Lipinski definition) is 2. The largest absolute Gasteiger partial charge is 0.416 e. The highest BCUT2D eigenvalue weighted by Gasteiger charge is 2.35. The molecule has 0 unspecified atom stereocenters. The molecular formula is C25H52O10S2. The Kier molecular flexibility index (Phi) is 22.3. The molecule has 0 saturated carbocycles. The molecule has 0 aliphatic rings. The molecule has 0 saturated heterocycles. The van der Waals surface area contributed by atoms with Crippen molar-refractivity contribution in [1.29, 1.82) is 0 Å². The maximum Gasteiger partial charge on any atom is 0.416 e. The summed E-state index contributed by atoms with van der Waals surface area (Å²) in [6.07, 6.45) is 18.3. The number of ether oxygens (including phenoxy) is 2. The fraction of sp³-hybridized carbons (Fsp3) is 1.00. The number of hydrogen-bond acceptors (Lipinski definition) is 9. The summed E-state index contributed by atoms with van der Waals surface area (Å²) in [5.41, 5.74) is -1.24. The minimum Gasteiger partial charge on any atom is -0.396 e. The van der Waals surface area contributed by atoms with Crippen LogP contribution in [0.15, 0.2) is 0 Å². The molecule has 0 bridgehead atoms. The highest BCUT2D eigenvalue weighted by molar-refractivity contribution is 7.94. The van der Waals surface area contributed by atoms with E-state index in [9.17, 15) is 21.9 Å². The van der Waals surface area contributed by atoms with Crippen molar-refractivity contribution < 1.29 is 43.8 Å². The summed E-state index contributed by atoms with van der Waals surface area (Å²) in [7, 11) is -10.3. The molecule has 0 amide bonds. The van der Waals surface area contributed by atoms with Crippen LogP contribution in [0.4, 0.5) is 0 Å². The summed E-state index contributed by atoms with van der Waals surface area (Å²) >= 11 is 0. The summed E-state index contributed by atoms with van der Waals surface area (Å²) < 4.78 is 73.3. The Bertz CT molecular complexity index is 702. The highest BCUT2D eigenvalue weighted by atomic mass is 32.3. The van der Waals surface area contributed by atoms with Gasteiger partial charge in [-0.2, -0.15) is 16.8 Å². The van der Waals surface area contributed by atoms with E-state index >= 15 is 0 Å². The Morgan fingerprint density at radius 1 is 0.595 bits per heavy atom. The average molecular weight is 577 g/mol. The fourth-order valence-corrected chi connectivity index (χ4v) is 5.23. The van der Waals surface area contributed by atoms with Gasteiger partial charge in [0.25, 0.3) is 0 Å². The third-order valence-electron chi connectivity index (χ3n) is 6.12. The number of aliphatic hydroxyl groups excluding tert-OH is 1. The lowest BCUT2D eigenvalue weighted by atomic mass is 9.92. The summed E-state index contributed by atoms with van der Waals surface area (Å²) in [5, 5.41) is 10.0. The molecule has 37 heavy (non-hydrogen) atoms. The van der Waals surface area contributed by atoms with E-state index in [2.05, 4.69) is 21.7 Å². The molecule has 0 rings (SSSR count). The average Bonchev–Trinajstić information content (AvgIpc) is 2.83. The molecule has 0 heterocycles. The maximum atomic E-state index is 11.7. The first kappa shape index (κ1) is 36.7. The molecule has 224 valence electrons. The predicted molar refractivity (Wildman–Crippen MR) is 144 cm³/mol. The molecule has 0 aromatic carbocycles. The number of aliphatic hydroxyl groups is 1. The SMILES string of the molecule is CCCCCCCCCCOCC(CO)(COCCCCCCCCCC)COS(=O)(=O)OS(=O)(=O)O. The molecule has 0 radical (unpaired) electrons. The van der Waals surface area contributed by atoms with E-state index in [0.717, 1.165) is 38.5 Å². The lowest BCUT2D eigenvalue weighted by Gasteiger charge is -2.30. The van der Waals surface area contributed by atoms with Crippen LogP contribution < -0.4 is 0 Å². The molecule has 0 fully saturated rings. The van der Waals surface area contributed by atoms with Gasteiger partial charge in [-0.3, -0.25) is 4.55 Å². The molecule has 2 N–H and O–H groups in total. The smallest absolute Gasteiger partial charge is 0.396 e. The van der Waals surface area contributed by atoms with E-state index in [0.29, 0.717) is 13.2 Å². The van der Waals surface area contributed by atoms with Crippen LogP contribution in [0.25, 0.3) is 0 Å². The van der Waals surface area contributed by atoms with E-state index in [1.807, 2.05) is 0 Å². The first-order valence-corrected chi connectivity index (χ1v) is 16.6. The van der Waals surface area contributed by atoms with Gasteiger partial charge in [0.1, 0.15) is 0 Å². The van der Waals surface area contributed by atoms with Gasteiger partial charge in [-0.05, 0) is 12.8 Å². The molecule has 0 aliphatic carbocycles. The van der Waals surface area contributed by atoms with Crippen molar-refractivity contribution >= 4 is 20.8 Å². The second-order valence-corrected chi connectivity index (χ2v) is 12.3. The van der Waals surface area contributed by atoms with Crippen molar-refractivity contribution in [3.05, 3.63) is 0 Å². The fourth-order valence-electron chi connectivity index (χ4n) is 3.84. The van der Waals surface area contributed by atoms with Crippen molar-refractivity contribution in [3.8, 4) is 0 Å². The molecule has 10 nitrogen and oxygen atoms in total. The van der Waals surface area contributed by atoms with Crippen LogP contribution in [0.3, 0.4) is 0 Å². The third kappa shape index (κ3) is 23.3. The monoisotopic (exact) mass is 576 g/mol. The van der Waals surface area contributed by atoms with Crippen LogP contribution in [-0.2, 0) is 38.1 Å². The quantitative estimate of drug-likeness (QED) is 0.0921. The molecule has 12 heteroatoms. The van der Waals surface area contributed by atoms with Crippen molar-refractivity contribution in [2.75, 3.05) is 39.6 Å². The lowest BCUT2D eigenvalue weighted by molar-refractivity contribution is -0.0728. The minimum atomic E-state index is -5.27. The van der Waals surface area contributed by atoms with Gasteiger partial charge in [-0.1, -0.05) is 104 Å². The summed E-state index contributed by atoms with van der Waals surface area (Å²) in [6.45, 7) is 4.02. The van der Waals surface area contributed by atoms with Crippen LogP contribution in [-0.4, -0.2) is 66.1 Å². The maximum absolute atomic E-state index is 11.7. The van der Waals surface area contributed by atoms with Crippen molar-refractivity contribution in [2.45, 2.75) is 117 Å². The van der Waals surface area contributed by atoms with Crippen LogP contribution in [0, 0.1) is 5.41 Å². The summed E-state index contributed by atoms with van der Waals surface area (Å²) in [4.78, 5) is 0. The Morgan fingerprint density at radius 3 is 1.32 bits per heavy atom. The summed E-state index contributed by atoms with van der Waals surface area (Å²) in [6, 6.07) is 0. The zero-order valence-corrected chi connectivity index (χ0v) is 24.7. The standard InChI is InChI=1S/C25H52O10S2/c1-3-5-7-9-11-13-15-17-19-32-22-25(21-26,24-34-37(30,31)35-36(27,28)29)23-33-20-18-16-14-12-10-8-6-4-2/h26H,3-24H2,1-2H3,(H,27,28,29). The lowest BCUT2D eigenvalue weighted by Crippen LogP contribution is -2.42. The van der Waals surface area contributed by atoms with Crippen molar-refractivity contribution in [2.24, 2.45) is 5.41 Å². The zero-order valence-electron chi connectivity index (χ0n) is 23.0. The van der Waals surface area contributed by atoms with Crippen LogP contribution in [0.5, 0.6) is 0 Å². The predicted octanol–water partition coefficient (Wildman–Crippen LogP) is 5.36. The van der Waals surface area contributed by atoms with E-state index in [-0.39, 0.29) is 13.2 Å². The van der Waals surface area contributed by atoms with Gasteiger partial charge in [0.05, 0.1) is 31.8 Å². The van der Waals surface area contributed by atoms with E-state index in [1.54, 1.807) is 0 Å². The molecule has 0 aromatic rings. The van der Waals surface area contributed by atoms with Gasteiger partial charge in [0.2, 0.25) is 0 Å². The molecule has 0 spiro atoms. The van der Waals surface area contributed by atoms with Gasteiger partial charge in [-0.15, -0.1) is 3.63 Å². The molecule has 0 aliphatic heterocycles. The third-order valence-corrected chi connectivity index (χ3v) is 7.88. The van der Waals surface area contributed by atoms with E-state index < -0.39 is 39.4 Å². The van der Waals surface area contributed by atoms with E-state index in [4.69, 9.17) is 14.0 Å². The van der Waals surface area contributed by atoms with Crippen LogP contribution in [0.2, 0.25) is 0 Å². The van der Waals surface area contributed by atoms with Gasteiger partial charge in [0, 0.05) is 13.2 Å². The van der Waals surface area contributed by atoms with E-state index in [1.165, 1.54) is 64.2 Å². The Hall–Kier alpha value is -0.340. The second kappa shape index (κ2) is 22.5. The zero-order chi connectivity index (χ0) is 27.9. The minimum absolute atomic E-state index is 0.0428. The van der Waals surface area contributed by atoms with Gasteiger partial charge < -0.3 is 14.6 Å². The van der Waals surface area contributed by atoms with Crippen LogP contribution in [0.1, 0.15) is 117 Å². The first-order chi connectivity index (χ1) is 17.6. The van der Waals surface area contributed by atoms with Crippen molar-refractivity contribution in [1.82, 2.24) is 0 Å². The molecule has 0 aromatic heterocycles. The Labute approximate surface area is 226 Å². The molecular weight excluding hydrogens is 524 g/mol. The second-order valence-electron chi connectivity index (χ2n) is 9.88. The van der Waals surface area contributed by atoms with Gasteiger partial charge in [0.15, 0.2) is 0 Å². The highest BCUT2D eigenvalue weighted by Crippen LogP contribution is 2.22. The normalized spacial score (nSPS) is 12.9. The molecule has 0 atom stereocenters. The summed E-state index contributed by atoms with van der Waals surface area (Å²) in [5.74, 6) is 0. The van der Waals surface area contributed by atoms with Gasteiger partial charge >= 0.3 is 20.8 Å². The Balaban J connectivity index is 4.57.